The monoisotopic (exact) mass is 660 g/mol. The number of rotatable bonds is 10. The van der Waals surface area contributed by atoms with Crippen LogP contribution in [-0.4, -0.2) is 69.0 Å². The van der Waals surface area contributed by atoms with E-state index in [2.05, 4.69) is 30.6 Å². The Morgan fingerprint density at radius 2 is 1.76 bits per heavy atom. The Morgan fingerprint density at radius 1 is 1.04 bits per heavy atom. The number of amides is 2. The number of hydrogen-bond acceptors (Lipinski definition) is 11. The third-order valence-electron chi connectivity index (χ3n) is 6.50. The van der Waals surface area contributed by atoms with Gasteiger partial charge in [-0.2, -0.15) is 0 Å². The maximum absolute atomic E-state index is 13.6. The van der Waals surface area contributed by atoms with E-state index in [1.165, 1.54) is 30.7 Å². The number of aromatic nitrogens is 2. The van der Waals surface area contributed by atoms with Crippen molar-refractivity contribution in [1.29, 1.82) is 0 Å². The van der Waals surface area contributed by atoms with Gasteiger partial charge < -0.3 is 19.5 Å². The van der Waals surface area contributed by atoms with Crippen molar-refractivity contribution in [2.24, 2.45) is 5.92 Å². The number of hydrogen-bond donors (Lipinski definition) is 4. The fourth-order valence-electron chi connectivity index (χ4n) is 4.58. The number of carbonyl (C=O) groups is 2. The molecule has 244 valence electrons. The number of benzene rings is 1. The highest BCUT2D eigenvalue weighted by molar-refractivity contribution is 7.89. The average molecular weight is 661 g/mol. The lowest BCUT2D eigenvalue weighted by Gasteiger charge is -2.22. The van der Waals surface area contributed by atoms with Crippen LogP contribution in [0.15, 0.2) is 41.6 Å². The van der Waals surface area contributed by atoms with Crippen LogP contribution in [0.3, 0.4) is 0 Å². The number of ether oxygens (including phenoxy) is 3. The molecule has 0 saturated carbocycles. The minimum absolute atomic E-state index is 0.0353. The maximum atomic E-state index is 13.6. The Labute approximate surface area is 267 Å². The Bertz CT molecular complexity index is 1610. The van der Waals surface area contributed by atoms with E-state index in [1.807, 2.05) is 0 Å². The Hall–Kier alpha value is -3.79. The van der Waals surface area contributed by atoms with E-state index in [9.17, 15) is 18.0 Å². The zero-order chi connectivity index (χ0) is 32.8. The molecule has 0 unspecified atom stereocenters. The van der Waals surface area contributed by atoms with Crippen molar-refractivity contribution in [3.05, 3.63) is 36.7 Å². The highest BCUT2D eigenvalue weighted by atomic mass is 32.2. The van der Waals surface area contributed by atoms with E-state index in [-0.39, 0.29) is 22.6 Å². The molecule has 0 aliphatic carbocycles. The summed E-state index contributed by atoms with van der Waals surface area (Å²) in [4.78, 5) is 34.0. The van der Waals surface area contributed by atoms with Crippen LogP contribution in [0, 0.1) is 5.92 Å². The molecule has 1 fully saturated rings. The molecule has 4 rings (SSSR count). The van der Waals surface area contributed by atoms with Crippen LogP contribution in [0.25, 0.3) is 21.1 Å². The molecule has 45 heavy (non-hydrogen) atoms. The highest BCUT2D eigenvalue weighted by Crippen LogP contribution is 2.39. The Balaban J connectivity index is 1.61. The summed E-state index contributed by atoms with van der Waals surface area (Å²) in [5.74, 6) is 0.636. The summed E-state index contributed by atoms with van der Waals surface area (Å²) >= 11 is 1.21. The van der Waals surface area contributed by atoms with Gasteiger partial charge in [-0.3, -0.25) is 10.6 Å². The second-order valence-corrected chi connectivity index (χ2v) is 14.5. The predicted molar refractivity (Wildman–Crippen MR) is 173 cm³/mol. The minimum Gasteiger partial charge on any atom is -0.494 e. The van der Waals surface area contributed by atoms with Crippen molar-refractivity contribution < 1.29 is 32.2 Å². The van der Waals surface area contributed by atoms with Crippen molar-refractivity contribution in [2.75, 3.05) is 37.4 Å². The normalized spacial score (nSPS) is 14.2. The summed E-state index contributed by atoms with van der Waals surface area (Å²) in [7, 11) is -2.57. The van der Waals surface area contributed by atoms with Gasteiger partial charge in [0.15, 0.2) is 0 Å². The molecule has 0 bridgehead atoms. The summed E-state index contributed by atoms with van der Waals surface area (Å²) in [5.41, 5.74) is 0.676. The van der Waals surface area contributed by atoms with Crippen molar-refractivity contribution >= 4 is 44.9 Å². The SMILES string of the molecule is COc1cc(NC(=O)OC(C)C)cnc1-c1ncc(-c2ccc(NC(=O)OCC3CCNCC3)cc2S(=O)(=O)NC(C)(C)C)s1. The van der Waals surface area contributed by atoms with E-state index in [0.29, 0.717) is 39.2 Å². The zero-order valence-corrected chi connectivity index (χ0v) is 27.9. The summed E-state index contributed by atoms with van der Waals surface area (Å²) in [5, 5.41) is 9.02. The number of nitrogens with one attached hydrogen (secondary N) is 4. The standard InChI is InChI=1S/C30H40N6O7S2/c1-18(2)43-29(38)35-21-13-23(41-6)26(32-15-21)27-33-16-24(44-27)22-8-7-20(14-25(22)45(39,40)36-30(3,4)5)34-28(37)42-17-19-9-11-31-12-10-19/h7-8,13-16,18-19,31,36H,9-12,17H2,1-6H3,(H,34,37)(H,35,38). The number of piperidine rings is 1. The average Bonchev–Trinajstić information content (AvgIpc) is 3.45. The smallest absolute Gasteiger partial charge is 0.411 e. The molecule has 3 heterocycles. The minimum atomic E-state index is -4.04. The van der Waals surface area contributed by atoms with Crippen molar-refractivity contribution in [2.45, 2.75) is 64.0 Å². The largest absolute Gasteiger partial charge is 0.494 e. The summed E-state index contributed by atoms with van der Waals surface area (Å²) in [6.45, 7) is 10.8. The molecule has 0 radical (unpaired) electrons. The van der Waals surface area contributed by atoms with Crippen LogP contribution in [-0.2, 0) is 19.5 Å². The fraction of sp³-hybridized carbons (Fsp3) is 0.467. The lowest BCUT2D eigenvalue weighted by Crippen LogP contribution is -2.40. The van der Waals surface area contributed by atoms with Crippen LogP contribution >= 0.6 is 11.3 Å². The Morgan fingerprint density at radius 3 is 2.42 bits per heavy atom. The molecule has 0 atom stereocenters. The van der Waals surface area contributed by atoms with E-state index in [1.54, 1.807) is 59.0 Å². The summed E-state index contributed by atoms with van der Waals surface area (Å²) in [6.07, 6.45) is 3.30. The van der Waals surface area contributed by atoms with Gasteiger partial charge in [0.2, 0.25) is 10.0 Å². The van der Waals surface area contributed by atoms with Crippen LogP contribution < -0.4 is 25.4 Å². The molecule has 1 aliphatic heterocycles. The van der Waals surface area contributed by atoms with Crippen LogP contribution in [0.5, 0.6) is 5.75 Å². The first-order chi connectivity index (χ1) is 21.2. The second kappa shape index (κ2) is 14.5. The lowest BCUT2D eigenvalue weighted by atomic mass is 9.99. The molecular formula is C30H40N6O7S2. The zero-order valence-electron chi connectivity index (χ0n) is 26.2. The quantitative estimate of drug-likeness (QED) is 0.219. The van der Waals surface area contributed by atoms with Gasteiger partial charge in [-0.1, -0.05) is 6.07 Å². The van der Waals surface area contributed by atoms with E-state index < -0.39 is 27.7 Å². The van der Waals surface area contributed by atoms with Crippen molar-refractivity contribution in [1.82, 2.24) is 20.0 Å². The molecule has 2 aromatic heterocycles. The van der Waals surface area contributed by atoms with Crippen molar-refractivity contribution in [3.63, 3.8) is 0 Å². The molecule has 0 spiro atoms. The summed E-state index contributed by atoms with van der Waals surface area (Å²) in [6, 6.07) is 6.24. The van der Waals surface area contributed by atoms with Crippen LogP contribution in [0.1, 0.15) is 47.5 Å². The van der Waals surface area contributed by atoms with Gasteiger partial charge in [-0.15, -0.1) is 11.3 Å². The number of methoxy groups -OCH3 is 1. The molecule has 1 saturated heterocycles. The Kier molecular flexibility index (Phi) is 11.0. The third kappa shape index (κ3) is 9.60. The van der Waals surface area contributed by atoms with E-state index >= 15 is 0 Å². The van der Waals surface area contributed by atoms with E-state index in [0.717, 1.165) is 25.9 Å². The van der Waals surface area contributed by atoms with Gasteiger partial charge in [0.1, 0.15) is 16.5 Å². The molecule has 2 amide bonds. The number of thiazole rings is 1. The van der Waals surface area contributed by atoms with Crippen molar-refractivity contribution in [3.8, 4) is 26.9 Å². The fourth-order valence-corrected chi connectivity index (χ4v) is 7.27. The molecule has 1 aromatic carbocycles. The third-order valence-corrected chi connectivity index (χ3v) is 9.34. The van der Waals surface area contributed by atoms with E-state index in [4.69, 9.17) is 14.2 Å². The van der Waals surface area contributed by atoms with Crippen LogP contribution in [0.4, 0.5) is 21.0 Å². The number of pyridine rings is 1. The first-order valence-corrected chi connectivity index (χ1v) is 16.8. The second-order valence-electron chi connectivity index (χ2n) is 11.9. The van der Waals surface area contributed by atoms with Gasteiger partial charge in [-0.25, -0.2) is 32.7 Å². The van der Waals surface area contributed by atoms with Gasteiger partial charge in [0, 0.05) is 29.1 Å². The van der Waals surface area contributed by atoms with Gasteiger partial charge >= 0.3 is 12.2 Å². The number of nitrogens with zero attached hydrogens (tertiary/aromatic N) is 2. The van der Waals surface area contributed by atoms with Gasteiger partial charge in [0.05, 0.1) is 41.5 Å². The number of anilines is 2. The number of sulfonamides is 1. The topological polar surface area (TPSA) is 170 Å². The predicted octanol–water partition coefficient (Wildman–Crippen LogP) is 5.46. The maximum Gasteiger partial charge on any atom is 0.411 e. The molecule has 3 aromatic rings. The molecule has 1 aliphatic rings. The highest BCUT2D eigenvalue weighted by Gasteiger charge is 2.27. The number of carbonyl (C=O) groups excluding carboxylic acids is 2. The molecule has 4 N–H and O–H groups in total. The molecule has 13 nitrogen and oxygen atoms in total. The molecule has 15 heteroatoms. The van der Waals surface area contributed by atoms with Gasteiger partial charge in [-0.05, 0) is 78.6 Å². The van der Waals surface area contributed by atoms with Gasteiger partial charge in [0.25, 0.3) is 0 Å². The lowest BCUT2D eigenvalue weighted by molar-refractivity contribution is 0.129. The summed E-state index contributed by atoms with van der Waals surface area (Å²) < 4.78 is 46.0. The van der Waals surface area contributed by atoms with Crippen LogP contribution in [0.2, 0.25) is 0 Å². The first-order valence-electron chi connectivity index (χ1n) is 14.5. The molecular weight excluding hydrogens is 620 g/mol. The first kappa shape index (κ1) is 34.1.